The summed E-state index contributed by atoms with van der Waals surface area (Å²) in [5, 5.41) is 8.43. The van der Waals surface area contributed by atoms with Gasteiger partial charge in [-0.1, -0.05) is 0 Å². The highest BCUT2D eigenvalue weighted by atomic mass is 127. The van der Waals surface area contributed by atoms with E-state index in [4.69, 9.17) is 0 Å². The minimum Gasteiger partial charge on any atom is -0.357 e. The molecule has 2 aromatic rings. The summed E-state index contributed by atoms with van der Waals surface area (Å²) < 4.78 is 37.7. The summed E-state index contributed by atoms with van der Waals surface area (Å²) >= 11 is 2.56. The minimum absolute atomic E-state index is 0. The molecule has 0 saturated carbocycles. The van der Waals surface area contributed by atoms with E-state index < -0.39 is 11.9 Å². The van der Waals surface area contributed by atoms with Crippen LogP contribution in [0.3, 0.4) is 0 Å². The Balaban J connectivity index is 0.00000312. The zero-order valence-corrected chi connectivity index (χ0v) is 17.9. The van der Waals surface area contributed by atoms with Crippen LogP contribution in [0.4, 0.5) is 13.2 Å². The van der Waals surface area contributed by atoms with Gasteiger partial charge in [-0.15, -0.1) is 46.7 Å². The third kappa shape index (κ3) is 6.70. The summed E-state index contributed by atoms with van der Waals surface area (Å²) in [7, 11) is 0. The molecule has 0 aliphatic carbocycles. The highest BCUT2D eigenvalue weighted by Crippen LogP contribution is 2.29. The van der Waals surface area contributed by atoms with Crippen molar-refractivity contribution in [3.63, 3.8) is 0 Å². The zero-order valence-electron chi connectivity index (χ0n) is 13.9. The number of aryl methyl sites for hydroxylation is 2. The topological polar surface area (TPSA) is 62.2 Å². The number of nitrogens with zero attached hydrogens (tertiary/aromatic N) is 3. The maximum absolute atomic E-state index is 12.6. The zero-order chi connectivity index (χ0) is 17.7. The van der Waals surface area contributed by atoms with Gasteiger partial charge in [-0.05, 0) is 20.8 Å². The molecule has 0 aromatic carbocycles. The van der Waals surface area contributed by atoms with Gasteiger partial charge in [0.15, 0.2) is 11.7 Å². The van der Waals surface area contributed by atoms with Crippen molar-refractivity contribution in [2.24, 2.45) is 4.99 Å². The Bertz CT molecular complexity index is 712. The van der Waals surface area contributed by atoms with E-state index in [1.54, 1.807) is 11.3 Å². The average molecular weight is 505 g/mol. The first-order valence-electron chi connectivity index (χ1n) is 7.26. The molecule has 5 nitrogen and oxygen atoms in total. The fraction of sp³-hybridized carbons (Fsp3) is 0.500. The number of hydrogen-bond donors (Lipinski definition) is 2. The quantitative estimate of drug-likeness (QED) is 0.365. The predicted molar refractivity (Wildman–Crippen MR) is 106 cm³/mol. The maximum Gasteiger partial charge on any atom is 0.434 e. The van der Waals surface area contributed by atoms with E-state index in [-0.39, 0.29) is 30.5 Å². The van der Waals surface area contributed by atoms with E-state index in [0.29, 0.717) is 24.1 Å². The Morgan fingerprint density at radius 3 is 2.48 bits per heavy atom. The summed E-state index contributed by atoms with van der Waals surface area (Å²) in [5.74, 6) is 0.534. The van der Waals surface area contributed by atoms with Gasteiger partial charge in [-0.25, -0.2) is 15.0 Å². The molecule has 2 heterocycles. The molecule has 25 heavy (non-hydrogen) atoms. The van der Waals surface area contributed by atoms with Crippen LogP contribution in [0.2, 0.25) is 0 Å². The largest absolute Gasteiger partial charge is 0.434 e. The number of thiazole rings is 2. The minimum atomic E-state index is -4.41. The van der Waals surface area contributed by atoms with Crippen molar-refractivity contribution in [2.45, 2.75) is 40.0 Å². The van der Waals surface area contributed by atoms with Gasteiger partial charge in [-0.2, -0.15) is 13.2 Å². The molecular formula is C14H19F3IN5S2. The van der Waals surface area contributed by atoms with E-state index in [9.17, 15) is 13.2 Å². The molecule has 11 heteroatoms. The Kier molecular flexibility index (Phi) is 8.54. The molecule has 2 aromatic heterocycles. The molecule has 2 rings (SSSR count). The number of guanidine groups is 1. The third-order valence-electron chi connectivity index (χ3n) is 2.97. The SMILES string of the molecule is CCNC(=NCc1sc(C)nc1C)NCc1nc(C(F)(F)F)cs1.I. The molecule has 140 valence electrons. The Morgan fingerprint density at radius 2 is 1.96 bits per heavy atom. The molecule has 0 atom stereocenters. The van der Waals surface area contributed by atoms with Crippen LogP contribution in [0.1, 0.15) is 33.2 Å². The number of halogens is 4. The van der Waals surface area contributed by atoms with Crippen LogP contribution in [-0.4, -0.2) is 22.5 Å². The Morgan fingerprint density at radius 1 is 1.24 bits per heavy atom. The van der Waals surface area contributed by atoms with E-state index in [0.717, 1.165) is 32.3 Å². The standard InChI is InChI=1S/C14H18F3N5S2.HI/c1-4-18-13(19-5-10-8(2)21-9(3)24-10)20-6-12-22-11(7-23-12)14(15,16)17;/h7H,4-6H2,1-3H3,(H2,18,19,20);1H. The maximum atomic E-state index is 12.6. The van der Waals surface area contributed by atoms with Crippen LogP contribution >= 0.6 is 46.7 Å². The summed E-state index contributed by atoms with van der Waals surface area (Å²) in [6.45, 7) is 7.10. The number of aromatic nitrogens is 2. The summed E-state index contributed by atoms with van der Waals surface area (Å²) in [6, 6.07) is 0. The molecule has 0 amide bonds. The van der Waals surface area contributed by atoms with Crippen molar-refractivity contribution in [1.29, 1.82) is 0 Å². The molecule has 0 aliphatic heterocycles. The van der Waals surface area contributed by atoms with Crippen molar-refractivity contribution in [2.75, 3.05) is 6.54 Å². The first-order chi connectivity index (χ1) is 11.3. The van der Waals surface area contributed by atoms with Crippen LogP contribution in [-0.2, 0) is 19.3 Å². The van der Waals surface area contributed by atoms with Gasteiger partial charge < -0.3 is 10.6 Å². The fourth-order valence-electron chi connectivity index (χ4n) is 1.89. The van der Waals surface area contributed by atoms with Gasteiger partial charge in [-0.3, -0.25) is 0 Å². The van der Waals surface area contributed by atoms with Crippen LogP contribution in [0, 0.1) is 13.8 Å². The van der Waals surface area contributed by atoms with E-state index in [1.165, 1.54) is 0 Å². The van der Waals surface area contributed by atoms with Crippen molar-refractivity contribution in [1.82, 2.24) is 20.6 Å². The molecule has 0 radical (unpaired) electrons. The number of hydrogen-bond acceptors (Lipinski definition) is 5. The van der Waals surface area contributed by atoms with Crippen molar-refractivity contribution < 1.29 is 13.2 Å². The molecule has 0 aliphatic rings. The van der Waals surface area contributed by atoms with Crippen molar-refractivity contribution in [3.05, 3.63) is 31.7 Å². The van der Waals surface area contributed by atoms with Gasteiger partial charge in [0, 0.05) is 16.8 Å². The van der Waals surface area contributed by atoms with Gasteiger partial charge in [0.05, 0.1) is 23.8 Å². The Hall–Kier alpha value is -0.950. The van der Waals surface area contributed by atoms with Crippen LogP contribution in [0.25, 0.3) is 0 Å². The van der Waals surface area contributed by atoms with E-state index in [2.05, 4.69) is 25.6 Å². The van der Waals surface area contributed by atoms with Crippen molar-refractivity contribution >= 4 is 52.6 Å². The lowest BCUT2D eigenvalue weighted by Gasteiger charge is -2.09. The van der Waals surface area contributed by atoms with Gasteiger partial charge in [0.2, 0.25) is 0 Å². The van der Waals surface area contributed by atoms with Crippen molar-refractivity contribution in [3.8, 4) is 0 Å². The lowest BCUT2D eigenvalue weighted by Crippen LogP contribution is -2.36. The number of rotatable bonds is 5. The predicted octanol–water partition coefficient (Wildman–Crippen LogP) is 4.11. The first kappa shape index (κ1) is 22.1. The smallest absolute Gasteiger partial charge is 0.357 e. The molecule has 0 bridgehead atoms. The average Bonchev–Trinajstić information content (AvgIpc) is 3.08. The van der Waals surface area contributed by atoms with E-state index >= 15 is 0 Å². The highest BCUT2D eigenvalue weighted by molar-refractivity contribution is 14.0. The fourth-order valence-corrected chi connectivity index (χ4v) is 3.50. The lowest BCUT2D eigenvalue weighted by atomic mass is 10.4. The van der Waals surface area contributed by atoms with Gasteiger partial charge in [0.1, 0.15) is 5.01 Å². The molecule has 2 N–H and O–H groups in total. The Labute approximate surface area is 169 Å². The second-order valence-corrected chi connectivity index (χ2v) is 7.14. The molecular weight excluding hydrogens is 486 g/mol. The highest BCUT2D eigenvalue weighted by Gasteiger charge is 2.33. The molecule has 0 spiro atoms. The van der Waals surface area contributed by atoms with E-state index in [1.807, 2.05) is 20.8 Å². The number of nitrogens with one attached hydrogen (secondary N) is 2. The molecule has 0 unspecified atom stereocenters. The van der Waals surface area contributed by atoms with Gasteiger partial charge in [0.25, 0.3) is 0 Å². The van der Waals surface area contributed by atoms with Gasteiger partial charge >= 0.3 is 6.18 Å². The summed E-state index contributed by atoms with van der Waals surface area (Å²) in [4.78, 5) is 13.5. The van der Waals surface area contributed by atoms with Crippen LogP contribution < -0.4 is 10.6 Å². The van der Waals surface area contributed by atoms with Crippen LogP contribution in [0.15, 0.2) is 10.4 Å². The first-order valence-corrected chi connectivity index (χ1v) is 8.96. The monoisotopic (exact) mass is 505 g/mol. The second-order valence-electron chi connectivity index (χ2n) is 4.91. The number of aliphatic imine (C=N–C) groups is 1. The lowest BCUT2D eigenvalue weighted by molar-refractivity contribution is -0.140. The molecule has 0 fully saturated rings. The molecule has 0 saturated heterocycles. The summed E-state index contributed by atoms with van der Waals surface area (Å²) in [6.07, 6.45) is -4.41. The third-order valence-corrected chi connectivity index (χ3v) is 4.88. The second kappa shape index (κ2) is 9.67. The normalized spacial score (nSPS) is 12.0. The number of alkyl halides is 3. The summed E-state index contributed by atoms with van der Waals surface area (Å²) in [5.41, 5.74) is 0.0915. The van der Waals surface area contributed by atoms with Crippen LogP contribution in [0.5, 0.6) is 0 Å².